The molecule has 1 aromatic carbocycles. The van der Waals surface area contributed by atoms with Crippen LogP contribution in [0.4, 0.5) is 0 Å². The summed E-state index contributed by atoms with van der Waals surface area (Å²) >= 11 is 2.14. The number of hydrogen-bond donors (Lipinski definition) is 0. The van der Waals surface area contributed by atoms with Crippen molar-refractivity contribution in [3.63, 3.8) is 0 Å². The average molecular weight is 302 g/mol. The zero-order valence-electron chi connectivity index (χ0n) is 13.4. The highest BCUT2D eigenvalue weighted by molar-refractivity contribution is 8.00. The van der Waals surface area contributed by atoms with E-state index >= 15 is 0 Å². The van der Waals surface area contributed by atoms with E-state index < -0.39 is 0 Å². The van der Waals surface area contributed by atoms with Crippen molar-refractivity contribution >= 4 is 17.5 Å². The number of carbonyl (C=O) groups excluding carboxylic acids is 1. The van der Waals surface area contributed by atoms with Gasteiger partial charge in [0.1, 0.15) is 0 Å². The molecule has 2 heterocycles. The van der Waals surface area contributed by atoms with Gasteiger partial charge in [0, 0.05) is 22.0 Å². The van der Waals surface area contributed by atoms with Crippen LogP contribution in [-0.4, -0.2) is 16.3 Å². The second-order valence-corrected chi connectivity index (χ2v) is 9.28. The Morgan fingerprint density at radius 1 is 1.05 bits per heavy atom. The fourth-order valence-electron chi connectivity index (χ4n) is 3.64. The molecule has 0 aliphatic carbocycles. The maximum atomic E-state index is 12.8. The molecule has 0 radical (unpaired) electrons. The van der Waals surface area contributed by atoms with Crippen molar-refractivity contribution < 1.29 is 4.79 Å². The summed E-state index contributed by atoms with van der Waals surface area (Å²) in [6, 6.07) is 8.35. The molecule has 2 aliphatic heterocycles. The summed E-state index contributed by atoms with van der Waals surface area (Å²) in [4.78, 5) is 12.8. The van der Waals surface area contributed by atoms with Crippen LogP contribution in [0.3, 0.4) is 0 Å². The predicted molar refractivity (Wildman–Crippen MR) is 91.2 cm³/mol. The SMILES string of the molecule is CC(C)(C)c1ccc(C(=O)C2CC3CCCC(C2)S3)cc1. The number of carbonyl (C=O) groups is 1. The standard InChI is InChI=1S/C19H26OS/c1-19(2,3)15-9-7-13(8-10-15)18(20)14-11-16-5-4-6-17(12-14)21-16/h7-10,14,16-17H,4-6,11-12H2,1-3H3. The number of benzene rings is 1. The first kappa shape index (κ1) is 15.1. The monoisotopic (exact) mass is 302 g/mol. The third-order valence-electron chi connectivity index (χ3n) is 4.94. The van der Waals surface area contributed by atoms with Gasteiger partial charge < -0.3 is 0 Å². The zero-order valence-corrected chi connectivity index (χ0v) is 14.2. The molecule has 1 nitrogen and oxygen atoms in total. The van der Waals surface area contributed by atoms with E-state index in [-0.39, 0.29) is 11.3 Å². The molecule has 3 rings (SSSR count). The van der Waals surface area contributed by atoms with Gasteiger partial charge in [-0.05, 0) is 36.7 Å². The first-order valence-corrected chi connectivity index (χ1v) is 9.18. The van der Waals surface area contributed by atoms with Crippen molar-refractivity contribution in [2.45, 2.75) is 68.8 Å². The van der Waals surface area contributed by atoms with Crippen molar-refractivity contribution in [1.29, 1.82) is 0 Å². The minimum atomic E-state index is 0.153. The van der Waals surface area contributed by atoms with Crippen molar-refractivity contribution in [1.82, 2.24) is 0 Å². The van der Waals surface area contributed by atoms with Gasteiger partial charge in [-0.1, -0.05) is 51.5 Å². The largest absolute Gasteiger partial charge is 0.294 e. The van der Waals surface area contributed by atoms with Crippen LogP contribution in [-0.2, 0) is 5.41 Å². The van der Waals surface area contributed by atoms with Crippen LogP contribution in [0.25, 0.3) is 0 Å². The molecule has 0 N–H and O–H groups in total. The van der Waals surface area contributed by atoms with Crippen LogP contribution < -0.4 is 0 Å². The number of hydrogen-bond acceptors (Lipinski definition) is 2. The number of Topliss-reactive ketones (excluding diaryl/α,β-unsaturated/α-hetero) is 1. The molecule has 0 saturated carbocycles. The lowest BCUT2D eigenvalue weighted by atomic mass is 9.83. The van der Waals surface area contributed by atoms with Gasteiger partial charge in [0.15, 0.2) is 5.78 Å². The van der Waals surface area contributed by atoms with E-state index in [4.69, 9.17) is 0 Å². The Kier molecular flexibility index (Phi) is 4.18. The van der Waals surface area contributed by atoms with Gasteiger partial charge in [0.05, 0.1) is 0 Å². The Balaban J connectivity index is 1.73. The van der Waals surface area contributed by atoms with E-state index in [9.17, 15) is 4.79 Å². The second-order valence-electron chi connectivity index (χ2n) is 7.67. The molecule has 2 unspecified atom stereocenters. The highest BCUT2D eigenvalue weighted by atomic mass is 32.2. The van der Waals surface area contributed by atoms with Gasteiger partial charge in [0.2, 0.25) is 0 Å². The zero-order chi connectivity index (χ0) is 15.0. The fraction of sp³-hybridized carbons (Fsp3) is 0.632. The quantitative estimate of drug-likeness (QED) is 0.696. The Hall–Kier alpha value is -0.760. The molecule has 2 fully saturated rings. The van der Waals surface area contributed by atoms with Gasteiger partial charge in [0.25, 0.3) is 0 Å². The molecule has 2 bridgehead atoms. The Labute approximate surface area is 132 Å². The van der Waals surface area contributed by atoms with Gasteiger partial charge in [-0.25, -0.2) is 0 Å². The van der Waals surface area contributed by atoms with Crippen LogP contribution >= 0.6 is 11.8 Å². The van der Waals surface area contributed by atoms with Gasteiger partial charge in [-0.15, -0.1) is 0 Å². The van der Waals surface area contributed by atoms with E-state index in [1.807, 2.05) is 12.1 Å². The maximum Gasteiger partial charge on any atom is 0.166 e. The van der Waals surface area contributed by atoms with Crippen molar-refractivity contribution in [2.75, 3.05) is 0 Å². The summed E-state index contributed by atoms with van der Waals surface area (Å²) in [5.74, 6) is 0.648. The lowest BCUT2D eigenvalue weighted by Crippen LogP contribution is -2.32. The number of thioether (sulfide) groups is 1. The lowest BCUT2D eigenvalue weighted by molar-refractivity contribution is 0.0896. The molecule has 21 heavy (non-hydrogen) atoms. The third-order valence-corrected chi connectivity index (χ3v) is 6.56. The molecule has 1 aromatic rings. The highest BCUT2D eigenvalue weighted by Gasteiger charge is 2.35. The molecule has 0 amide bonds. The van der Waals surface area contributed by atoms with Crippen LogP contribution in [0.1, 0.15) is 68.8 Å². The maximum absolute atomic E-state index is 12.8. The number of rotatable bonds is 2. The van der Waals surface area contributed by atoms with Gasteiger partial charge in [-0.3, -0.25) is 4.79 Å². The molecular weight excluding hydrogens is 276 g/mol. The topological polar surface area (TPSA) is 17.1 Å². The molecule has 2 saturated heterocycles. The summed E-state index contributed by atoms with van der Waals surface area (Å²) in [6.07, 6.45) is 6.19. The van der Waals surface area contributed by atoms with Crippen LogP contribution in [0.2, 0.25) is 0 Å². The fourth-order valence-corrected chi connectivity index (χ4v) is 5.48. The van der Waals surface area contributed by atoms with Crippen LogP contribution in [0.15, 0.2) is 24.3 Å². The summed E-state index contributed by atoms with van der Waals surface area (Å²) in [6.45, 7) is 6.64. The van der Waals surface area contributed by atoms with E-state index in [0.717, 1.165) is 28.9 Å². The smallest absolute Gasteiger partial charge is 0.166 e. The molecule has 2 heteroatoms. The van der Waals surface area contributed by atoms with Gasteiger partial charge >= 0.3 is 0 Å². The van der Waals surface area contributed by atoms with E-state index in [1.165, 1.54) is 24.8 Å². The summed E-state index contributed by atoms with van der Waals surface area (Å²) in [7, 11) is 0. The summed E-state index contributed by atoms with van der Waals surface area (Å²) in [5, 5.41) is 1.47. The van der Waals surface area contributed by atoms with Crippen LogP contribution in [0, 0.1) is 5.92 Å². The Morgan fingerprint density at radius 3 is 2.14 bits per heavy atom. The Morgan fingerprint density at radius 2 is 1.62 bits per heavy atom. The van der Waals surface area contributed by atoms with E-state index in [2.05, 4.69) is 44.7 Å². The third kappa shape index (κ3) is 3.36. The minimum absolute atomic E-state index is 0.153. The van der Waals surface area contributed by atoms with Crippen molar-refractivity contribution in [3.05, 3.63) is 35.4 Å². The second kappa shape index (κ2) is 5.79. The lowest BCUT2D eigenvalue weighted by Gasteiger charge is -2.38. The molecule has 2 atom stereocenters. The Bertz CT molecular complexity index is 499. The van der Waals surface area contributed by atoms with E-state index in [1.54, 1.807) is 0 Å². The average Bonchev–Trinajstić information content (AvgIpc) is 2.45. The van der Waals surface area contributed by atoms with Crippen molar-refractivity contribution in [2.24, 2.45) is 5.92 Å². The van der Waals surface area contributed by atoms with Crippen molar-refractivity contribution in [3.8, 4) is 0 Å². The first-order valence-electron chi connectivity index (χ1n) is 8.24. The molecule has 0 spiro atoms. The predicted octanol–water partition coefficient (Wildman–Crippen LogP) is 5.23. The minimum Gasteiger partial charge on any atom is -0.294 e. The summed E-state index contributed by atoms with van der Waals surface area (Å²) < 4.78 is 0. The van der Waals surface area contributed by atoms with E-state index in [0.29, 0.717) is 5.78 Å². The molecule has 114 valence electrons. The number of ketones is 1. The summed E-state index contributed by atoms with van der Waals surface area (Å²) in [5.41, 5.74) is 2.37. The molecule has 0 aromatic heterocycles. The molecule has 2 aliphatic rings. The number of fused-ring (bicyclic) bond motifs is 2. The highest BCUT2D eigenvalue weighted by Crippen LogP contribution is 2.44. The van der Waals surface area contributed by atoms with Gasteiger partial charge in [-0.2, -0.15) is 11.8 Å². The normalized spacial score (nSPS) is 29.2. The van der Waals surface area contributed by atoms with Crippen LogP contribution in [0.5, 0.6) is 0 Å². The molecular formula is C19H26OS. The first-order chi connectivity index (χ1) is 9.93.